The number of thiophene rings is 1. The molecule has 0 saturated carbocycles. The molecule has 0 atom stereocenters. The molecule has 0 N–H and O–H groups in total. The van der Waals surface area contributed by atoms with Crippen molar-refractivity contribution in [1.82, 2.24) is 4.31 Å². The van der Waals surface area contributed by atoms with Crippen LogP contribution in [0.25, 0.3) is 0 Å². The van der Waals surface area contributed by atoms with E-state index in [1.807, 2.05) is 60.7 Å². The van der Waals surface area contributed by atoms with Gasteiger partial charge >= 0.3 is 0 Å². The van der Waals surface area contributed by atoms with Crippen LogP contribution in [0.1, 0.15) is 25.0 Å². The summed E-state index contributed by atoms with van der Waals surface area (Å²) >= 11 is 7.46. The summed E-state index contributed by atoms with van der Waals surface area (Å²) in [6, 6.07) is 19.4. The summed E-state index contributed by atoms with van der Waals surface area (Å²) in [7, 11) is -2.30. The maximum atomic E-state index is 13.1. The fourth-order valence-electron chi connectivity index (χ4n) is 3.09. The summed E-state index contributed by atoms with van der Waals surface area (Å²) in [6.07, 6.45) is 0. The van der Waals surface area contributed by atoms with Gasteiger partial charge in [0.25, 0.3) is 10.0 Å². The first kappa shape index (κ1) is 22.5. The quantitative estimate of drug-likeness (QED) is 0.409. The maximum Gasteiger partial charge on any atom is 0.256 e. The van der Waals surface area contributed by atoms with Crippen LogP contribution >= 0.6 is 22.9 Å². The molecule has 3 aromatic rings. The summed E-state index contributed by atoms with van der Waals surface area (Å²) in [5.74, 6) is 0.168. The minimum atomic E-state index is -3.74. The largest absolute Gasteiger partial charge is 0.492 e. The first-order chi connectivity index (χ1) is 14.4. The number of rotatable bonds is 8. The van der Waals surface area contributed by atoms with E-state index in [-0.39, 0.29) is 14.3 Å². The Bertz CT molecular complexity index is 1080. The third-order valence-electron chi connectivity index (χ3n) is 4.57. The maximum absolute atomic E-state index is 13.1. The minimum Gasteiger partial charge on any atom is -0.492 e. The van der Waals surface area contributed by atoms with E-state index in [0.717, 1.165) is 22.5 Å². The van der Waals surface area contributed by atoms with Gasteiger partial charge in [0.1, 0.15) is 10.0 Å². The molecule has 0 saturated heterocycles. The van der Waals surface area contributed by atoms with Crippen molar-refractivity contribution >= 4 is 44.4 Å². The number of sulfonamides is 1. The lowest BCUT2D eigenvalue weighted by Gasteiger charge is -2.17. The predicted molar refractivity (Wildman–Crippen MR) is 124 cm³/mol. The van der Waals surface area contributed by atoms with E-state index >= 15 is 0 Å². The normalized spacial score (nSPS) is 11.5. The van der Waals surface area contributed by atoms with Crippen LogP contribution in [0.5, 0.6) is 5.75 Å². The smallest absolute Gasteiger partial charge is 0.256 e. The molecule has 5 nitrogen and oxygen atoms in total. The van der Waals surface area contributed by atoms with E-state index in [0.29, 0.717) is 24.5 Å². The molecule has 0 aliphatic carbocycles. The molecule has 0 aliphatic rings. The third kappa shape index (κ3) is 4.44. The average molecular weight is 463 g/mol. The molecule has 0 fully saturated rings. The van der Waals surface area contributed by atoms with Crippen molar-refractivity contribution in [2.45, 2.75) is 18.1 Å². The average Bonchev–Trinajstić information content (AvgIpc) is 3.10. The predicted octanol–water partition coefficient (Wildman–Crippen LogP) is 5.61. The Hall–Kier alpha value is -2.19. The number of ether oxygens (including phenoxy) is 1. The second-order valence-corrected chi connectivity index (χ2v) is 10.1. The summed E-state index contributed by atoms with van der Waals surface area (Å²) in [5.41, 5.74) is 2.78. The monoisotopic (exact) mass is 462 g/mol. The Morgan fingerprint density at radius 1 is 1.00 bits per heavy atom. The van der Waals surface area contributed by atoms with Crippen molar-refractivity contribution in [3.8, 4) is 5.75 Å². The lowest BCUT2D eigenvalue weighted by Crippen LogP contribution is -2.30. The summed E-state index contributed by atoms with van der Waals surface area (Å²) in [6.45, 7) is 4.31. The van der Waals surface area contributed by atoms with E-state index in [1.54, 1.807) is 13.8 Å². The molecule has 1 aromatic heterocycles. The number of hydrogen-bond acceptors (Lipinski definition) is 5. The van der Waals surface area contributed by atoms with Crippen molar-refractivity contribution in [3.05, 3.63) is 76.1 Å². The van der Waals surface area contributed by atoms with Gasteiger partial charge in [0.05, 0.1) is 12.8 Å². The highest BCUT2D eigenvalue weighted by atomic mass is 35.5. The first-order valence-electron chi connectivity index (χ1n) is 9.49. The number of methoxy groups -OCH3 is 1. The van der Waals surface area contributed by atoms with Gasteiger partial charge in [-0.2, -0.15) is 4.31 Å². The summed E-state index contributed by atoms with van der Waals surface area (Å²) in [5, 5.41) is 0. The van der Waals surface area contributed by atoms with E-state index in [1.165, 1.54) is 11.4 Å². The molecule has 0 bridgehead atoms. The van der Waals surface area contributed by atoms with Crippen LogP contribution in [-0.4, -0.2) is 38.6 Å². The van der Waals surface area contributed by atoms with Gasteiger partial charge in [-0.05, 0) is 0 Å². The van der Waals surface area contributed by atoms with Crippen LogP contribution in [0, 0.1) is 0 Å². The molecule has 2 aromatic carbocycles. The van der Waals surface area contributed by atoms with Gasteiger partial charge in [0.15, 0.2) is 9.96 Å². The Morgan fingerprint density at radius 3 is 1.93 bits per heavy atom. The lowest BCUT2D eigenvalue weighted by molar-refractivity contribution is 0.401. The molecule has 0 amide bonds. The van der Waals surface area contributed by atoms with Gasteiger partial charge in [-0.15, -0.1) is 11.3 Å². The minimum absolute atomic E-state index is 0.0675. The van der Waals surface area contributed by atoms with Crippen LogP contribution in [-0.2, 0) is 10.0 Å². The molecule has 0 spiro atoms. The zero-order valence-electron chi connectivity index (χ0n) is 17.0. The molecule has 1 heterocycles. The van der Waals surface area contributed by atoms with Gasteiger partial charge in [-0.25, -0.2) is 13.4 Å². The van der Waals surface area contributed by atoms with Gasteiger partial charge in [0.2, 0.25) is 0 Å². The van der Waals surface area contributed by atoms with Crippen LogP contribution in [0.15, 0.2) is 69.9 Å². The Balaban J connectivity index is 2.23. The highest BCUT2D eigenvalue weighted by molar-refractivity contribution is 7.91. The second kappa shape index (κ2) is 9.75. The number of hydrogen-bond donors (Lipinski definition) is 0. The van der Waals surface area contributed by atoms with Crippen LogP contribution in [0.4, 0.5) is 5.69 Å². The number of nitrogens with zero attached hydrogens (tertiary/aromatic N) is 2. The molecule has 8 heteroatoms. The number of aliphatic imine (C=N–C) groups is 1. The van der Waals surface area contributed by atoms with Crippen molar-refractivity contribution in [2.24, 2.45) is 4.99 Å². The van der Waals surface area contributed by atoms with Gasteiger partial charge in [-0.3, -0.25) is 0 Å². The molecule has 3 rings (SSSR count). The van der Waals surface area contributed by atoms with Gasteiger partial charge in [0, 0.05) is 24.2 Å². The fraction of sp³-hybridized carbons (Fsp3) is 0.227. The Labute approximate surface area is 186 Å². The van der Waals surface area contributed by atoms with Crippen molar-refractivity contribution in [3.63, 3.8) is 0 Å². The zero-order valence-corrected chi connectivity index (χ0v) is 19.4. The SMILES string of the molecule is CCN(CC)S(=O)(=O)c1sc(Cl)c(N=C(c2ccccc2)c2ccccc2)c1OC. The van der Waals surface area contributed by atoms with Crippen LogP contribution in [0.3, 0.4) is 0 Å². The van der Waals surface area contributed by atoms with Crippen molar-refractivity contribution in [2.75, 3.05) is 20.2 Å². The van der Waals surface area contributed by atoms with Crippen molar-refractivity contribution in [1.29, 1.82) is 0 Å². The number of benzene rings is 2. The molecule has 0 unspecified atom stereocenters. The number of halogens is 1. The van der Waals surface area contributed by atoms with Crippen LogP contribution in [0.2, 0.25) is 4.34 Å². The van der Waals surface area contributed by atoms with Gasteiger partial charge < -0.3 is 4.74 Å². The first-order valence-corrected chi connectivity index (χ1v) is 12.1. The van der Waals surface area contributed by atoms with E-state index in [2.05, 4.69) is 0 Å². The highest BCUT2D eigenvalue weighted by Crippen LogP contribution is 2.49. The lowest BCUT2D eigenvalue weighted by atomic mass is 10.0. The van der Waals surface area contributed by atoms with Gasteiger partial charge in [-0.1, -0.05) is 86.1 Å². The molecular formula is C22H23ClN2O3S2. The zero-order chi connectivity index (χ0) is 21.7. The summed E-state index contributed by atoms with van der Waals surface area (Å²) in [4.78, 5) is 4.80. The molecule has 30 heavy (non-hydrogen) atoms. The van der Waals surface area contributed by atoms with E-state index in [9.17, 15) is 8.42 Å². The summed E-state index contributed by atoms with van der Waals surface area (Å²) < 4.78 is 33.4. The van der Waals surface area contributed by atoms with E-state index in [4.69, 9.17) is 21.3 Å². The molecule has 0 aliphatic heterocycles. The van der Waals surface area contributed by atoms with Crippen molar-refractivity contribution < 1.29 is 13.2 Å². The third-order valence-corrected chi connectivity index (χ3v) is 8.46. The highest BCUT2D eigenvalue weighted by Gasteiger charge is 2.32. The fourth-order valence-corrected chi connectivity index (χ4v) is 6.57. The molecule has 158 valence electrons. The second-order valence-electron chi connectivity index (χ2n) is 6.33. The topological polar surface area (TPSA) is 59.0 Å². The molecule has 0 radical (unpaired) electrons. The Kier molecular flexibility index (Phi) is 7.31. The molecular weight excluding hydrogens is 440 g/mol. The standard InChI is InChI=1S/C22H23ClN2O3S2/c1-4-25(5-2)30(26,27)22-20(28-3)19(21(23)29-22)24-18(16-12-8-6-9-13-16)17-14-10-7-11-15-17/h6-15H,4-5H2,1-3H3. The van der Waals surface area contributed by atoms with Crippen LogP contribution < -0.4 is 4.74 Å². The van der Waals surface area contributed by atoms with E-state index < -0.39 is 10.0 Å². The Morgan fingerprint density at radius 2 is 1.50 bits per heavy atom.